The summed E-state index contributed by atoms with van der Waals surface area (Å²) in [4.78, 5) is 11.0. The molecule has 5 heterocycles. The number of hydrogen-bond acceptors (Lipinski definition) is 5. The molecule has 0 saturated heterocycles. The standard InChI is InChI=1S/C48H23N3OS2/c1-2-10-27-25(8-1)23-38-44-40(27)31-13-7-9-24-17-19-32-41(39(24)31)42-33(20-21-37(53-38)43(42)44)51(32)48-49-45(47-46(50-48)30-12-4-6-15-36(30)54-47)26-16-18-29-28-11-3-5-14-34(28)52-35(29)22-26/h1-23H. The third-order valence-corrected chi connectivity index (χ3v) is 14.0. The summed E-state index contributed by atoms with van der Waals surface area (Å²) in [5, 5.41) is 13.7. The summed E-state index contributed by atoms with van der Waals surface area (Å²) in [7, 11) is 0. The Balaban J connectivity index is 1.16. The van der Waals surface area contributed by atoms with Crippen LogP contribution in [0.15, 0.2) is 144 Å². The van der Waals surface area contributed by atoms with E-state index in [1.165, 1.54) is 68.3 Å². The number of fused-ring (bicyclic) bond motifs is 9. The maximum atomic E-state index is 6.40. The second-order valence-electron chi connectivity index (χ2n) is 14.4. The van der Waals surface area contributed by atoms with Crippen LogP contribution < -0.4 is 0 Å². The molecular formula is C48H23N3OS2. The van der Waals surface area contributed by atoms with Crippen LogP contribution in [0.4, 0.5) is 0 Å². The van der Waals surface area contributed by atoms with E-state index in [1.54, 1.807) is 11.3 Å². The molecule has 0 aliphatic heterocycles. The predicted octanol–water partition coefficient (Wildman–Crippen LogP) is 14.2. The van der Waals surface area contributed by atoms with Crippen molar-refractivity contribution in [2.75, 3.05) is 0 Å². The minimum Gasteiger partial charge on any atom is -0.456 e. The molecule has 0 bridgehead atoms. The quantitative estimate of drug-likeness (QED) is 0.178. The van der Waals surface area contributed by atoms with E-state index in [1.807, 2.05) is 23.5 Å². The number of nitrogens with zero attached hydrogens (tertiary/aromatic N) is 3. The second-order valence-corrected chi connectivity index (χ2v) is 16.6. The maximum absolute atomic E-state index is 6.40. The minimum atomic E-state index is 0.674. The second kappa shape index (κ2) is 9.68. The summed E-state index contributed by atoms with van der Waals surface area (Å²) < 4.78 is 13.6. The van der Waals surface area contributed by atoms with Crippen molar-refractivity contribution in [3.05, 3.63) is 140 Å². The summed E-state index contributed by atoms with van der Waals surface area (Å²) in [5.41, 5.74) is 9.52. The fourth-order valence-electron chi connectivity index (χ4n) is 9.50. The zero-order chi connectivity index (χ0) is 34.8. The van der Waals surface area contributed by atoms with Gasteiger partial charge in [0.1, 0.15) is 11.2 Å². The van der Waals surface area contributed by atoms with Crippen LogP contribution in [-0.4, -0.2) is 14.5 Å². The van der Waals surface area contributed by atoms with E-state index in [-0.39, 0.29) is 0 Å². The van der Waals surface area contributed by atoms with Crippen molar-refractivity contribution in [2.45, 2.75) is 0 Å². The van der Waals surface area contributed by atoms with Crippen LogP contribution in [0.3, 0.4) is 0 Å². The van der Waals surface area contributed by atoms with Crippen LogP contribution >= 0.6 is 22.7 Å². The van der Waals surface area contributed by atoms with Crippen molar-refractivity contribution in [3.63, 3.8) is 0 Å². The molecule has 14 rings (SSSR count). The molecule has 0 amide bonds. The van der Waals surface area contributed by atoms with Gasteiger partial charge in [-0.1, -0.05) is 91.0 Å². The number of furan rings is 1. The molecule has 13 aromatic rings. The molecular weight excluding hydrogens is 699 g/mol. The Morgan fingerprint density at radius 3 is 2.20 bits per heavy atom. The van der Waals surface area contributed by atoms with Crippen molar-refractivity contribution in [2.24, 2.45) is 0 Å². The Morgan fingerprint density at radius 2 is 1.26 bits per heavy atom. The third-order valence-electron chi connectivity index (χ3n) is 11.7. The highest BCUT2D eigenvalue weighted by Crippen LogP contribution is 2.54. The fourth-order valence-corrected chi connectivity index (χ4v) is 11.8. The van der Waals surface area contributed by atoms with Crippen LogP contribution in [0.25, 0.3) is 134 Å². The van der Waals surface area contributed by atoms with E-state index < -0.39 is 0 Å². The van der Waals surface area contributed by atoms with Gasteiger partial charge in [-0.05, 0) is 81.2 Å². The molecule has 0 atom stereocenters. The predicted molar refractivity (Wildman–Crippen MR) is 229 cm³/mol. The van der Waals surface area contributed by atoms with Gasteiger partial charge in [0, 0.05) is 57.4 Å². The molecule has 4 nitrogen and oxygen atoms in total. The largest absolute Gasteiger partial charge is 0.456 e. The zero-order valence-corrected chi connectivity index (χ0v) is 30.0. The first-order valence-corrected chi connectivity index (χ1v) is 19.8. The van der Waals surface area contributed by atoms with Gasteiger partial charge in [-0.2, -0.15) is 0 Å². The van der Waals surface area contributed by atoms with Crippen LogP contribution in [0.5, 0.6) is 0 Å². The van der Waals surface area contributed by atoms with E-state index in [0.717, 1.165) is 59.8 Å². The monoisotopic (exact) mass is 721 g/mol. The third kappa shape index (κ3) is 3.35. The van der Waals surface area contributed by atoms with Gasteiger partial charge in [-0.15, -0.1) is 22.7 Å². The van der Waals surface area contributed by atoms with E-state index in [0.29, 0.717) is 5.95 Å². The SMILES string of the molecule is c1ccc2c3c4c(cc2c1)sc1ccc2c(c14)c1c4c-3cccc4ccc1n2-c1nc(-c2ccc3c(c2)oc2ccccc23)c2sc3ccccc3c2n1. The highest BCUT2D eigenvalue weighted by atomic mass is 32.1. The molecule has 0 radical (unpaired) electrons. The van der Waals surface area contributed by atoms with E-state index in [4.69, 9.17) is 14.4 Å². The van der Waals surface area contributed by atoms with Gasteiger partial charge in [0.05, 0.1) is 26.9 Å². The molecule has 0 unspecified atom stereocenters. The molecule has 0 spiro atoms. The number of aromatic nitrogens is 3. The topological polar surface area (TPSA) is 43.9 Å². The fraction of sp³-hybridized carbons (Fsp3) is 0. The van der Waals surface area contributed by atoms with Crippen molar-refractivity contribution in [1.82, 2.24) is 14.5 Å². The Morgan fingerprint density at radius 1 is 0.481 bits per heavy atom. The smallest absolute Gasteiger partial charge is 0.235 e. The van der Waals surface area contributed by atoms with Gasteiger partial charge in [0.2, 0.25) is 5.95 Å². The van der Waals surface area contributed by atoms with Gasteiger partial charge in [0.15, 0.2) is 0 Å². The lowest BCUT2D eigenvalue weighted by Gasteiger charge is -2.14. The Kier molecular flexibility index (Phi) is 5.01. The first-order chi connectivity index (χ1) is 26.8. The van der Waals surface area contributed by atoms with Crippen molar-refractivity contribution in [3.8, 4) is 28.3 Å². The van der Waals surface area contributed by atoms with Crippen molar-refractivity contribution < 1.29 is 4.42 Å². The molecule has 0 saturated carbocycles. The first kappa shape index (κ1) is 28.0. The molecule has 1 aliphatic carbocycles. The van der Waals surface area contributed by atoms with Crippen LogP contribution in [-0.2, 0) is 0 Å². The number of benzene rings is 8. The molecule has 5 aromatic heterocycles. The maximum Gasteiger partial charge on any atom is 0.235 e. The van der Waals surface area contributed by atoms with E-state index in [9.17, 15) is 0 Å². The molecule has 8 aromatic carbocycles. The summed E-state index contributed by atoms with van der Waals surface area (Å²) in [6.07, 6.45) is 0. The van der Waals surface area contributed by atoms with E-state index >= 15 is 0 Å². The van der Waals surface area contributed by atoms with Gasteiger partial charge in [-0.3, -0.25) is 4.57 Å². The first-order valence-electron chi connectivity index (χ1n) is 18.2. The number of rotatable bonds is 2. The molecule has 0 fully saturated rings. The zero-order valence-electron chi connectivity index (χ0n) is 28.3. The highest BCUT2D eigenvalue weighted by molar-refractivity contribution is 7.26. The lowest BCUT2D eigenvalue weighted by atomic mass is 9.91. The molecule has 54 heavy (non-hydrogen) atoms. The minimum absolute atomic E-state index is 0.674. The van der Waals surface area contributed by atoms with Gasteiger partial charge < -0.3 is 4.42 Å². The van der Waals surface area contributed by atoms with Gasteiger partial charge in [-0.25, -0.2) is 9.97 Å². The average molecular weight is 722 g/mol. The van der Waals surface area contributed by atoms with Gasteiger partial charge >= 0.3 is 0 Å². The lowest BCUT2D eigenvalue weighted by molar-refractivity contribution is 0.669. The lowest BCUT2D eigenvalue weighted by Crippen LogP contribution is -2.03. The number of hydrogen-bond donors (Lipinski definition) is 0. The average Bonchev–Trinajstić information content (AvgIpc) is 3.95. The van der Waals surface area contributed by atoms with Crippen LogP contribution in [0.2, 0.25) is 0 Å². The summed E-state index contributed by atoms with van der Waals surface area (Å²) in [5.74, 6) is 0.674. The molecule has 1 aliphatic rings. The van der Waals surface area contributed by atoms with Crippen LogP contribution in [0.1, 0.15) is 0 Å². The summed E-state index contributed by atoms with van der Waals surface area (Å²) in [6.45, 7) is 0. The summed E-state index contributed by atoms with van der Waals surface area (Å²) >= 11 is 3.65. The van der Waals surface area contributed by atoms with Crippen molar-refractivity contribution >= 4 is 128 Å². The normalized spacial score (nSPS) is 12.8. The highest BCUT2D eigenvalue weighted by Gasteiger charge is 2.28. The Bertz CT molecular complexity index is 3860. The molecule has 0 N–H and O–H groups in total. The van der Waals surface area contributed by atoms with Gasteiger partial charge in [0.25, 0.3) is 0 Å². The Hall–Kier alpha value is -6.60. The molecule has 6 heteroatoms. The van der Waals surface area contributed by atoms with Crippen molar-refractivity contribution in [1.29, 1.82) is 0 Å². The van der Waals surface area contributed by atoms with E-state index in [2.05, 4.69) is 132 Å². The molecule has 248 valence electrons. The number of para-hydroxylation sites is 1. The Labute approximate surface area is 313 Å². The summed E-state index contributed by atoms with van der Waals surface area (Å²) in [6, 6.07) is 50.6. The number of thiophene rings is 2. The van der Waals surface area contributed by atoms with Crippen LogP contribution in [0, 0.1) is 0 Å².